The minimum atomic E-state index is 0.994. The molecule has 0 N–H and O–H groups in total. The van der Waals surface area contributed by atoms with Gasteiger partial charge in [-0.1, -0.05) is 81.1 Å². The van der Waals surface area contributed by atoms with Crippen molar-refractivity contribution in [3.8, 4) is 0 Å². The Balaban J connectivity index is 0.00000271. The first-order chi connectivity index (χ1) is 22.0. The summed E-state index contributed by atoms with van der Waals surface area (Å²) in [5, 5.41) is 2.20. The van der Waals surface area contributed by atoms with Crippen molar-refractivity contribution >= 4 is 34.8 Å². The van der Waals surface area contributed by atoms with Crippen LogP contribution in [0.15, 0.2) is 103 Å². The van der Waals surface area contributed by atoms with Crippen molar-refractivity contribution in [2.45, 2.75) is 55.4 Å². The Labute approximate surface area is 273 Å². The maximum atomic E-state index is 4.13. The summed E-state index contributed by atoms with van der Waals surface area (Å²) in [6, 6.07) is 35.8. The lowest BCUT2D eigenvalue weighted by Crippen LogP contribution is -2.21. The number of nitrogens with zero attached hydrogens (tertiary/aromatic N) is 3. The minimum absolute atomic E-state index is 0.994. The zero-order chi connectivity index (χ0) is 32.8. The average molecular weight is 602 g/mol. The fourth-order valence-electron chi connectivity index (χ4n) is 5.82. The molecule has 0 atom stereocenters. The first-order valence-electron chi connectivity index (χ1n) is 17.0. The maximum absolute atomic E-state index is 4.13. The van der Waals surface area contributed by atoms with Crippen LogP contribution in [0.1, 0.15) is 72.1 Å². The standard InChI is InChI=1S/C40H49N3.C2H6/c1-8-41(9-2)36-24-18-33(19-25-36)39(32-16-14-31(7)15-17-32)30-40(34-20-26-37(27-21-34)42(10-3)11-4)35-22-28-38(29-23-35)43(12-5)13-6;1-2/h14-30H,7-13H2,1-6H3;1-2H3. The summed E-state index contributed by atoms with van der Waals surface area (Å²) in [6.45, 7) is 27.4. The van der Waals surface area contributed by atoms with Gasteiger partial charge in [-0.3, -0.25) is 0 Å². The van der Waals surface area contributed by atoms with E-state index in [-0.39, 0.29) is 0 Å². The van der Waals surface area contributed by atoms with Gasteiger partial charge in [0.15, 0.2) is 0 Å². The molecule has 3 heteroatoms. The molecule has 0 radical (unpaired) electrons. The van der Waals surface area contributed by atoms with Crippen LogP contribution in [0.4, 0.5) is 17.1 Å². The third-order valence-corrected chi connectivity index (χ3v) is 8.47. The van der Waals surface area contributed by atoms with Gasteiger partial charge in [-0.25, -0.2) is 0 Å². The van der Waals surface area contributed by atoms with Crippen LogP contribution in [-0.2, 0) is 0 Å². The summed E-state index contributed by atoms with van der Waals surface area (Å²) in [5.41, 5.74) is 9.78. The number of allylic oxidation sites excluding steroid dienone is 1. The molecule has 45 heavy (non-hydrogen) atoms. The number of benzene rings is 4. The number of rotatable bonds is 13. The van der Waals surface area contributed by atoms with Crippen molar-refractivity contribution in [2.75, 3.05) is 54.0 Å². The smallest absolute Gasteiger partial charge is 0.0366 e. The van der Waals surface area contributed by atoms with E-state index in [4.69, 9.17) is 0 Å². The van der Waals surface area contributed by atoms with Crippen molar-refractivity contribution < 1.29 is 0 Å². The molecule has 0 spiro atoms. The third-order valence-electron chi connectivity index (χ3n) is 8.47. The predicted octanol–water partition coefficient (Wildman–Crippen LogP) is 8.99. The average Bonchev–Trinajstić information content (AvgIpc) is 3.10. The Morgan fingerprint density at radius 3 is 1.09 bits per heavy atom. The molecule has 4 aromatic carbocycles. The lowest BCUT2D eigenvalue weighted by Gasteiger charge is -2.23. The quantitative estimate of drug-likeness (QED) is 0.151. The van der Waals surface area contributed by atoms with E-state index in [2.05, 4.69) is 166 Å². The lowest BCUT2D eigenvalue weighted by atomic mass is 9.92. The summed E-state index contributed by atoms with van der Waals surface area (Å²) >= 11 is 0. The molecule has 0 heterocycles. The van der Waals surface area contributed by atoms with Gasteiger partial charge in [-0.05, 0) is 122 Å². The number of anilines is 3. The topological polar surface area (TPSA) is 9.72 Å². The highest BCUT2D eigenvalue weighted by molar-refractivity contribution is 5.91. The molecular weight excluding hydrogens is 546 g/mol. The molecule has 0 unspecified atom stereocenters. The summed E-state index contributed by atoms with van der Waals surface area (Å²) in [4.78, 5) is 7.17. The molecule has 0 amide bonds. The van der Waals surface area contributed by atoms with Crippen LogP contribution < -0.4 is 25.1 Å². The molecule has 0 aliphatic heterocycles. The van der Waals surface area contributed by atoms with Crippen molar-refractivity contribution in [3.63, 3.8) is 0 Å². The van der Waals surface area contributed by atoms with Gasteiger partial charge in [0.1, 0.15) is 0 Å². The van der Waals surface area contributed by atoms with E-state index in [9.17, 15) is 0 Å². The maximum Gasteiger partial charge on any atom is 0.0366 e. The highest BCUT2D eigenvalue weighted by Crippen LogP contribution is 2.31. The van der Waals surface area contributed by atoms with Crippen molar-refractivity contribution in [3.05, 3.63) is 130 Å². The van der Waals surface area contributed by atoms with Crippen LogP contribution in [0.2, 0.25) is 0 Å². The van der Waals surface area contributed by atoms with Gasteiger partial charge in [0.2, 0.25) is 0 Å². The van der Waals surface area contributed by atoms with E-state index < -0.39 is 0 Å². The Morgan fingerprint density at radius 1 is 0.467 bits per heavy atom. The number of hydrogen-bond donors (Lipinski definition) is 0. The fourth-order valence-corrected chi connectivity index (χ4v) is 5.82. The Hall–Kier alpha value is -4.24. The molecule has 0 fully saturated rings. The largest absolute Gasteiger partial charge is 0.372 e. The zero-order valence-electron chi connectivity index (χ0n) is 29.1. The van der Waals surface area contributed by atoms with Crippen LogP contribution in [-0.4, -0.2) is 39.3 Å². The predicted molar refractivity (Wildman–Crippen MR) is 202 cm³/mol. The molecular formula is C42H55N3. The monoisotopic (exact) mass is 601 g/mol. The summed E-state index contributed by atoms with van der Waals surface area (Å²) in [5.74, 6) is 0. The van der Waals surface area contributed by atoms with Crippen molar-refractivity contribution in [1.82, 2.24) is 0 Å². The SMILES string of the molecule is C=c1ccc(=C(C=C(c2ccc(N(CC)CC)cc2)c2ccc(N(CC)CC)cc2)c2ccc(N(CC)CC)cc2)cc1.CC. The van der Waals surface area contributed by atoms with Crippen molar-refractivity contribution in [2.24, 2.45) is 0 Å². The van der Waals surface area contributed by atoms with Crippen LogP contribution in [0, 0.1) is 0 Å². The number of hydrogen-bond acceptors (Lipinski definition) is 3. The summed E-state index contributed by atoms with van der Waals surface area (Å²) < 4.78 is 0. The highest BCUT2D eigenvalue weighted by atomic mass is 15.1. The Kier molecular flexibility index (Phi) is 14.0. The van der Waals surface area contributed by atoms with Gasteiger partial charge < -0.3 is 14.7 Å². The highest BCUT2D eigenvalue weighted by Gasteiger charge is 2.12. The Morgan fingerprint density at radius 2 is 0.778 bits per heavy atom. The first-order valence-corrected chi connectivity index (χ1v) is 17.0. The second-order valence-corrected chi connectivity index (χ2v) is 10.8. The molecule has 4 aromatic rings. The van der Waals surface area contributed by atoms with E-state index in [0.717, 1.165) is 44.5 Å². The molecule has 0 aromatic heterocycles. The van der Waals surface area contributed by atoms with E-state index in [1.165, 1.54) is 50.1 Å². The Bertz CT molecular complexity index is 1490. The lowest BCUT2D eigenvalue weighted by molar-refractivity contribution is 0.866. The fraction of sp³-hybridized carbons (Fsp3) is 0.333. The molecule has 4 rings (SSSR count). The van der Waals surface area contributed by atoms with E-state index in [1.54, 1.807) is 0 Å². The van der Waals surface area contributed by atoms with Gasteiger partial charge in [-0.2, -0.15) is 0 Å². The molecule has 0 saturated carbocycles. The molecule has 0 aliphatic rings. The van der Waals surface area contributed by atoms with Crippen LogP contribution in [0.5, 0.6) is 0 Å². The molecule has 3 nitrogen and oxygen atoms in total. The van der Waals surface area contributed by atoms with Gasteiger partial charge >= 0.3 is 0 Å². The van der Waals surface area contributed by atoms with Crippen molar-refractivity contribution in [1.29, 1.82) is 0 Å². The molecule has 238 valence electrons. The molecule has 0 aliphatic carbocycles. The van der Waals surface area contributed by atoms with Crippen LogP contribution in [0.25, 0.3) is 17.7 Å². The van der Waals surface area contributed by atoms with Gasteiger partial charge in [0, 0.05) is 56.3 Å². The second kappa shape index (κ2) is 17.9. The van der Waals surface area contributed by atoms with Gasteiger partial charge in [0.25, 0.3) is 0 Å². The molecule has 0 bridgehead atoms. The summed E-state index contributed by atoms with van der Waals surface area (Å²) in [6.07, 6.45) is 2.38. The van der Waals surface area contributed by atoms with Gasteiger partial charge in [-0.15, -0.1) is 0 Å². The third kappa shape index (κ3) is 8.91. The molecule has 0 saturated heterocycles. The first kappa shape index (κ1) is 35.2. The van der Waals surface area contributed by atoms with Crippen LogP contribution >= 0.6 is 0 Å². The van der Waals surface area contributed by atoms with E-state index in [1.807, 2.05) is 13.8 Å². The van der Waals surface area contributed by atoms with Gasteiger partial charge in [0.05, 0.1) is 0 Å². The van der Waals surface area contributed by atoms with E-state index in [0.29, 0.717) is 0 Å². The second-order valence-electron chi connectivity index (χ2n) is 10.8. The van der Waals surface area contributed by atoms with E-state index >= 15 is 0 Å². The minimum Gasteiger partial charge on any atom is -0.372 e. The van der Waals surface area contributed by atoms with Crippen LogP contribution in [0.3, 0.4) is 0 Å². The summed E-state index contributed by atoms with van der Waals surface area (Å²) in [7, 11) is 0. The normalized spacial score (nSPS) is 10.4. The zero-order valence-corrected chi connectivity index (χ0v) is 29.1.